The van der Waals surface area contributed by atoms with Crippen LogP contribution in [-0.4, -0.2) is 167 Å². The number of halogens is 1. The highest BCUT2D eigenvalue weighted by molar-refractivity contribution is 7.10. The summed E-state index contributed by atoms with van der Waals surface area (Å²) < 4.78 is 51.8. The summed E-state index contributed by atoms with van der Waals surface area (Å²) in [6.45, 7) is 16.9. The average Bonchev–Trinajstić information content (AvgIpc) is 1.88. The Balaban J connectivity index is 0.951. The molecule has 6 N–H and O–H groups in total. The van der Waals surface area contributed by atoms with Crippen molar-refractivity contribution in [3.05, 3.63) is 86.7 Å². The second-order valence-electron chi connectivity index (χ2n) is 25.6. The van der Waals surface area contributed by atoms with Crippen LogP contribution in [0, 0.1) is 40.8 Å². The fourth-order valence-corrected chi connectivity index (χ4v) is 14.8. The van der Waals surface area contributed by atoms with Crippen molar-refractivity contribution in [2.24, 2.45) is 35.0 Å². The maximum Gasteiger partial charge on any atom is 0.306 e. The van der Waals surface area contributed by atoms with Gasteiger partial charge in [0.25, 0.3) is 0 Å². The van der Waals surface area contributed by atoms with Gasteiger partial charge in [-0.2, -0.15) is 0 Å². The zero-order valence-corrected chi connectivity index (χ0v) is 52.4. The number of hydrogen-bond donors (Lipinski definition) is 6. The number of thiazole rings is 1. The van der Waals surface area contributed by atoms with Gasteiger partial charge in [0.15, 0.2) is 12.4 Å². The van der Waals surface area contributed by atoms with Gasteiger partial charge in [-0.1, -0.05) is 56.4 Å². The van der Waals surface area contributed by atoms with E-state index >= 15 is 4.39 Å². The van der Waals surface area contributed by atoms with E-state index in [9.17, 15) is 44.4 Å². The maximum absolute atomic E-state index is 15.5. The molecule has 4 aliphatic carbocycles. The summed E-state index contributed by atoms with van der Waals surface area (Å²) in [5.74, 6) is -3.42. The SMILES string of the molecule is C=CC(C)(C)OCC1OC(O[C@@H]2C3=C([C@H](C)COC(C)=O)C[C@H](O)[C@]3(C)/C=C3/[C@@H](COC)CC[C@H]3[C@@H](C)[C@H]2O)C(O)C(OC(=O)CCCCc2cc(C(=O)c3csc([C@@H]4CCCN4C(=O)[C@@H](NC(=O)[C@H](C)NC)C4CCCCC4)n3)ccc2F)C1O. The Morgan fingerprint density at radius 1 is 1.00 bits per heavy atom. The largest absolute Gasteiger partial charge is 0.465 e. The molecular weight excluding hydrogens is 1130 g/mol. The number of aromatic nitrogens is 1. The number of esters is 2. The molecule has 2 saturated carbocycles. The van der Waals surface area contributed by atoms with Crippen molar-refractivity contribution in [3.8, 4) is 0 Å². The van der Waals surface area contributed by atoms with Gasteiger partial charge in [0, 0.05) is 55.2 Å². The van der Waals surface area contributed by atoms with Crippen LogP contribution >= 0.6 is 11.3 Å². The number of methoxy groups -OCH3 is 1. The van der Waals surface area contributed by atoms with Crippen LogP contribution in [0.25, 0.3) is 0 Å². The Labute approximate surface area is 509 Å². The number of aryl methyl sites for hydroxylation is 1. The summed E-state index contributed by atoms with van der Waals surface area (Å²) in [5.41, 5.74) is 1.01. The lowest BCUT2D eigenvalue weighted by Crippen LogP contribution is -2.62. The first-order chi connectivity index (χ1) is 40.9. The fourth-order valence-electron chi connectivity index (χ4n) is 13.8. The van der Waals surface area contributed by atoms with Crippen LogP contribution in [0.3, 0.4) is 0 Å². The zero-order chi connectivity index (χ0) is 62.4. The van der Waals surface area contributed by atoms with E-state index in [1.54, 1.807) is 51.3 Å². The lowest BCUT2D eigenvalue weighted by atomic mass is 9.68. The third-order valence-electron chi connectivity index (χ3n) is 19.3. The summed E-state index contributed by atoms with van der Waals surface area (Å²) >= 11 is 1.29. The highest BCUT2D eigenvalue weighted by Crippen LogP contribution is 2.56. The molecule has 19 nitrogen and oxygen atoms in total. The van der Waals surface area contributed by atoms with Crippen molar-refractivity contribution < 1.29 is 77.2 Å². The van der Waals surface area contributed by atoms with Gasteiger partial charge in [-0.15, -0.1) is 17.9 Å². The lowest BCUT2D eigenvalue weighted by molar-refractivity contribution is -0.320. The number of carbonyl (C=O) groups excluding carboxylic acids is 5. The molecule has 2 saturated heterocycles. The van der Waals surface area contributed by atoms with Crippen LogP contribution < -0.4 is 10.6 Å². The van der Waals surface area contributed by atoms with Gasteiger partial charge < -0.3 is 64.4 Å². The lowest BCUT2D eigenvalue weighted by Gasteiger charge is -2.47. The van der Waals surface area contributed by atoms with Gasteiger partial charge in [0.2, 0.25) is 17.6 Å². The highest BCUT2D eigenvalue weighted by Gasteiger charge is 2.56. The van der Waals surface area contributed by atoms with Crippen molar-refractivity contribution in [2.75, 3.05) is 40.5 Å². The molecule has 5 unspecified atom stereocenters. The van der Waals surface area contributed by atoms with Crippen LogP contribution in [0.1, 0.15) is 165 Å². The number of likely N-dealkylation sites (N-methyl/N-ethyl adjacent to an activating group) is 1. The predicted molar refractivity (Wildman–Crippen MR) is 319 cm³/mol. The van der Waals surface area contributed by atoms with Crippen LogP contribution in [0.4, 0.5) is 4.39 Å². The van der Waals surface area contributed by atoms with Crippen molar-refractivity contribution >= 4 is 40.9 Å². The molecule has 476 valence electrons. The molecule has 2 amide bonds. The molecule has 1 aromatic heterocycles. The number of fused-ring (bicyclic) bond motifs is 2. The second-order valence-corrected chi connectivity index (χ2v) is 26.5. The van der Waals surface area contributed by atoms with Gasteiger partial charge in [-0.25, -0.2) is 9.37 Å². The quantitative estimate of drug-likeness (QED) is 0.0249. The Kier molecular flexibility index (Phi) is 22.8. The molecule has 86 heavy (non-hydrogen) atoms. The number of ketones is 1. The Hall–Kier alpha value is -4.81. The number of likely N-dealkylation sites (tertiary alicyclic amines) is 1. The van der Waals surface area contributed by atoms with E-state index in [-0.39, 0.29) is 91.3 Å². The molecule has 16 atom stereocenters. The number of carbonyl (C=O) groups is 5. The van der Waals surface area contributed by atoms with Gasteiger partial charge >= 0.3 is 11.9 Å². The maximum atomic E-state index is 15.5. The van der Waals surface area contributed by atoms with Gasteiger partial charge in [0.1, 0.15) is 47.0 Å². The van der Waals surface area contributed by atoms with Crippen LogP contribution in [-0.2, 0) is 54.0 Å². The zero-order valence-electron chi connectivity index (χ0n) is 51.6. The third kappa shape index (κ3) is 15.1. The molecule has 8 rings (SSSR count). The predicted octanol–water partition coefficient (Wildman–Crippen LogP) is 7.16. The summed E-state index contributed by atoms with van der Waals surface area (Å²) in [4.78, 5) is 73.9. The van der Waals surface area contributed by atoms with E-state index in [0.29, 0.717) is 42.1 Å². The standard InChI is InChI=1S/C65H93FN4O15S/c1-11-64(6,7)82-33-49-56(76)59(57(77)63(83-49)85-58-52-44(35(2)31-81-38(5)71)29-50(72)65(52,8)30-45-42(32-80-10)23-25-43(45)36(3)54(58)74)84-51(73)22-16-15-20-40-28-41(24-26-46(40)66)55(75)47-34-86-61(68-47)48-21-17-27-70(48)62(79)53(39-18-13-12-14-19-39)69-60(78)37(4)67-9/h11,24,26,28,30,34-37,39,42-43,48-50,53-54,56-59,63,67,72,74,76-77H,1,12-23,25,27,29,31-33H2,2-10H3,(H,69,78)/b45-30-/t35-,36-,37+,42-,43+,48+,49?,50+,53+,54-,56?,57?,58-,59?,63?,65+/m1/s1. The summed E-state index contributed by atoms with van der Waals surface area (Å²) in [5, 5.41) is 57.1. The van der Waals surface area contributed by atoms with Crippen LogP contribution in [0.15, 0.2) is 59.0 Å². The Morgan fingerprint density at radius 2 is 1.74 bits per heavy atom. The smallest absolute Gasteiger partial charge is 0.306 e. The minimum atomic E-state index is -1.80. The van der Waals surface area contributed by atoms with E-state index in [2.05, 4.69) is 23.3 Å². The topological polar surface area (TPSA) is 262 Å². The summed E-state index contributed by atoms with van der Waals surface area (Å²) in [7, 11) is 3.35. The van der Waals surface area contributed by atoms with E-state index in [4.69, 9.17) is 33.4 Å². The number of ether oxygens (including phenoxy) is 6. The summed E-state index contributed by atoms with van der Waals surface area (Å²) in [6, 6.07) is 2.62. The third-order valence-corrected chi connectivity index (χ3v) is 20.2. The summed E-state index contributed by atoms with van der Waals surface area (Å²) in [6.07, 6.45) is 0.752. The van der Waals surface area contributed by atoms with Gasteiger partial charge in [-0.05, 0) is 146 Å². The van der Waals surface area contributed by atoms with E-state index in [0.717, 1.165) is 56.9 Å². The molecule has 2 aromatic rings. The van der Waals surface area contributed by atoms with Crippen molar-refractivity contribution in [3.63, 3.8) is 0 Å². The highest BCUT2D eigenvalue weighted by atomic mass is 32.1. The number of nitrogens with zero attached hydrogens (tertiary/aromatic N) is 2. The van der Waals surface area contributed by atoms with Crippen molar-refractivity contribution in [1.29, 1.82) is 0 Å². The Morgan fingerprint density at radius 3 is 2.44 bits per heavy atom. The average molecular weight is 1220 g/mol. The van der Waals surface area contributed by atoms with Gasteiger partial charge in [-0.3, -0.25) is 24.0 Å². The first kappa shape index (κ1) is 67.1. The van der Waals surface area contributed by atoms with Crippen LogP contribution in [0.5, 0.6) is 0 Å². The molecule has 3 heterocycles. The number of aliphatic hydroxyl groups is 4. The minimum Gasteiger partial charge on any atom is -0.465 e. The molecule has 2 aliphatic heterocycles. The second kappa shape index (κ2) is 29.2. The molecule has 4 fully saturated rings. The Bertz CT molecular complexity index is 2800. The van der Waals surface area contributed by atoms with Crippen molar-refractivity contribution in [1.82, 2.24) is 20.5 Å². The number of nitrogens with one attached hydrogen (secondary N) is 2. The number of amides is 2. The van der Waals surface area contributed by atoms with E-state index in [1.807, 2.05) is 20.8 Å². The fraction of sp³-hybridized carbons (Fsp3) is 0.692. The molecule has 0 spiro atoms. The monoisotopic (exact) mass is 1220 g/mol. The van der Waals surface area contributed by atoms with Gasteiger partial charge in [0.05, 0.1) is 49.7 Å². The number of benzene rings is 1. The number of rotatable bonds is 25. The number of hydrogen-bond acceptors (Lipinski definition) is 18. The van der Waals surface area contributed by atoms with Crippen molar-refractivity contribution in [2.45, 2.75) is 211 Å². The first-order valence-electron chi connectivity index (χ1n) is 31.1. The first-order valence-corrected chi connectivity index (χ1v) is 31.9. The minimum absolute atomic E-state index is 0.00364. The van der Waals surface area contributed by atoms with E-state index < -0.39 is 107 Å². The molecule has 1 aromatic carbocycles. The number of aliphatic hydroxyl groups excluding tert-OH is 4. The molecule has 0 radical (unpaired) electrons. The molecule has 6 aliphatic rings. The molecular formula is C65H93FN4O15S. The molecule has 21 heteroatoms. The van der Waals surface area contributed by atoms with E-state index in [1.165, 1.54) is 36.5 Å². The number of unbranched alkanes of at least 4 members (excludes halogenated alkanes) is 1. The normalized spacial score (nSPS) is 31.4. The van der Waals surface area contributed by atoms with Crippen LogP contribution in [0.2, 0.25) is 0 Å². The molecule has 0 bridgehead atoms.